The predicted octanol–water partition coefficient (Wildman–Crippen LogP) is 0.934. The number of likely N-dealkylation sites (N-methyl/N-ethyl adjacent to an activating group) is 1. The molecule has 0 aliphatic rings. The molecule has 0 radical (unpaired) electrons. The van der Waals surface area contributed by atoms with Crippen molar-refractivity contribution in [2.45, 2.75) is 13.0 Å². The molecule has 1 heterocycles. The largest absolute Gasteiger partial charge is 0.310 e. The molecule has 0 amide bonds. The lowest BCUT2D eigenvalue weighted by atomic mass is 10.2. The highest BCUT2D eigenvalue weighted by Gasteiger charge is 2.13. The summed E-state index contributed by atoms with van der Waals surface area (Å²) in [7, 11) is 1.77. The molecule has 1 aromatic heterocycles. The third kappa shape index (κ3) is 1.85. The Balaban J connectivity index is 2.70. The van der Waals surface area contributed by atoms with Crippen LogP contribution in [-0.2, 0) is 0 Å². The number of nitrogens with zero attached hydrogens (tertiary/aromatic N) is 1. The van der Waals surface area contributed by atoms with E-state index >= 15 is 0 Å². The standard InChI is InChI=1S/C7H10N2OS/c1-5(8-2)7(10)6-3-4-9-11-6/h3-5,8H,1-2H3. The normalized spacial score (nSPS) is 12.9. The molecule has 1 atom stereocenters. The van der Waals surface area contributed by atoms with E-state index in [1.54, 1.807) is 19.3 Å². The second kappa shape index (κ2) is 3.59. The topological polar surface area (TPSA) is 42.0 Å². The quantitative estimate of drug-likeness (QED) is 0.686. The van der Waals surface area contributed by atoms with Gasteiger partial charge in [0.15, 0.2) is 5.78 Å². The molecule has 0 fully saturated rings. The van der Waals surface area contributed by atoms with Crippen LogP contribution in [0.4, 0.5) is 0 Å². The first kappa shape index (κ1) is 8.36. The van der Waals surface area contributed by atoms with Crippen molar-refractivity contribution in [3.8, 4) is 0 Å². The third-order valence-corrected chi connectivity index (χ3v) is 2.27. The Labute approximate surface area is 69.6 Å². The summed E-state index contributed by atoms with van der Waals surface area (Å²) in [5, 5.41) is 2.88. The van der Waals surface area contributed by atoms with E-state index in [0.717, 1.165) is 0 Å². The summed E-state index contributed by atoms with van der Waals surface area (Å²) < 4.78 is 3.85. The summed E-state index contributed by atoms with van der Waals surface area (Å²) in [4.78, 5) is 12.1. The number of ketones is 1. The van der Waals surface area contributed by atoms with Gasteiger partial charge >= 0.3 is 0 Å². The summed E-state index contributed by atoms with van der Waals surface area (Å²) in [6.45, 7) is 1.84. The fraction of sp³-hybridized carbons (Fsp3) is 0.429. The number of carbonyl (C=O) groups excluding carboxylic acids is 1. The lowest BCUT2D eigenvalue weighted by Gasteiger charge is -2.05. The van der Waals surface area contributed by atoms with Gasteiger partial charge in [0.05, 0.1) is 10.9 Å². The number of hydrogen-bond acceptors (Lipinski definition) is 4. The molecule has 1 aromatic rings. The average molecular weight is 170 g/mol. The van der Waals surface area contributed by atoms with Crippen LogP contribution >= 0.6 is 11.5 Å². The Morgan fingerprint density at radius 1 is 1.82 bits per heavy atom. The number of hydrogen-bond donors (Lipinski definition) is 1. The van der Waals surface area contributed by atoms with Crippen molar-refractivity contribution in [1.29, 1.82) is 0 Å². The van der Waals surface area contributed by atoms with Gasteiger partial charge in [-0.3, -0.25) is 4.79 Å². The average Bonchev–Trinajstić information content (AvgIpc) is 2.53. The molecule has 0 aliphatic carbocycles. The number of nitrogens with one attached hydrogen (secondary N) is 1. The Morgan fingerprint density at radius 3 is 3.00 bits per heavy atom. The van der Waals surface area contributed by atoms with Gasteiger partial charge in [-0.05, 0) is 31.6 Å². The molecule has 0 saturated heterocycles. The minimum absolute atomic E-state index is 0.106. The SMILES string of the molecule is CNC(C)C(=O)c1ccns1. The van der Waals surface area contributed by atoms with Crippen molar-refractivity contribution in [1.82, 2.24) is 9.69 Å². The van der Waals surface area contributed by atoms with E-state index < -0.39 is 0 Å². The lowest BCUT2D eigenvalue weighted by molar-refractivity contribution is 0.0959. The Morgan fingerprint density at radius 2 is 2.55 bits per heavy atom. The molecule has 0 aliphatic heterocycles. The van der Waals surface area contributed by atoms with Crippen molar-refractivity contribution in [2.75, 3.05) is 7.05 Å². The van der Waals surface area contributed by atoms with E-state index in [-0.39, 0.29) is 11.8 Å². The Bertz CT molecular complexity index is 233. The molecule has 1 rings (SSSR count). The smallest absolute Gasteiger partial charge is 0.190 e. The van der Waals surface area contributed by atoms with E-state index in [1.807, 2.05) is 6.92 Å². The predicted molar refractivity (Wildman–Crippen MR) is 45.0 cm³/mol. The number of aromatic nitrogens is 1. The highest BCUT2D eigenvalue weighted by atomic mass is 32.1. The molecule has 0 spiro atoms. The van der Waals surface area contributed by atoms with E-state index in [9.17, 15) is 4.79 Å². The Kier molecular flexibility index (Phi) is 2.73. The van der Waals surface area contributed by atoms with Gasteiger partial charge in [-0.25, -0.2) is 4.37 Å². The maximum atomic E-state index is 11.3. The van der Waals surface area contributed by atoms with Crippen LogP contribution in [0.25, 0.3) is 0 Å². The number of carbonyl (C=O) groups is 1. The van der Waals surface area contributed by atoms with Gasteiger partial charge in [0, 0.05) is 6.20 Å². The first-order chi connectivity index (χ1) is 5.25. The van der Waals surface area contributed by atoms with E-state index in [2.05, 4.69) is 9.69 Å². The molecular formula is C7H10N2OS. The zero-order chi connectivity index (χ0) is 8.27. The van der Waals surface area contributed by atoms with Crippen molar-refractivity contribution < 1.29 is 4.79 Å². The molecule has 0 bridgehead atoms. The van der Waals surface area contributed by atoms with Crippen molar-refractivity contribution in [2.24, 2.45) is 0 Å². The highest BCUT2D eigenvalue weighted by Crippen LogP contribution is 2.07. The maximum Gasteiger partial charge on any atom is 0.190 e. The van der Waals surface area contributed by atoms with E-state index in [4.69, 9.17) is 0 Å². The van der Waals surface area contributed by atoms with Crippen LogP contribution in [-0.4, -0.2) is 23.2 Å². The van der Waals surface area contributed by atoms with Gasteiger partial charge in [0.1, 0.15) is 0 Å². The van der Waals surface area contributed by atoms with Gasteiger partial charge < -0.3 is 5.32 Å². The van der Waals surface area contributed by atoms with Crippen LogP contribution in [0.3, 0.4) is 0 Å². The van der Waals surface area contributed by atoms with Crippen molar-refractivity contribution in [3.63, 3.8) is 0 Å². The van der Waals surface area contributed by atoms with Crippen LogP contribution < -0.4 is 5.32 Å². The van der Waals surface area contributed by atoms with Crippen LogP contribution in [0, 0.1) is 0 Å². The van der Waals surface area contributed by atoms with Crippen molar-refractivity contribution in [3.05, 3.63) is 17.1 Å². The molecule has 60 valence electrons. The fourth-order valence-electron chi connectivity index (χ4n) is 0.687. The summed E-state index contributed by atoms with van der Waals surface area (Å²) in [5.41, 5.74) is 0. The summed E-state index contributed by atoms with van der Waals surface area (Å²) >= 11 is 1.24. The highest BCUT2D eigenvalue weighted by molar-refractivity contribution is 7.08. The number of rotatable bonds is 3. The lowest BCUT2D eigenvalue weighted by Crippen LogP contribution is -2.30. The van der Waals surface area contributed by atoms with Crippen molar-refractivity contribution >= 4 is 17.3 Å². The van der Waals surface area contributed by atoms with Gasteiger partial charge in [-0.15, -0.1) is 0 Å². The van der Waals surface area contributed by atoms with Crippen LogP contribution in [0.2, 0.25) is 0 Å². The molecule has 0 saturated carbocycles. The van der Waals surface area contributed by atoms with Crippen LogP contribution in [0.1, 0.15) is 16.6 Å². The van der Waals surface area contributed by atoms with Gasteiger partial charge in [0.25, 0.3) is 0 Å². The molecule has 1 unspecified atom stereocenters. The first-order valence-electron chi connectivity index (χ1n) is 3.38. The number of Topliss-reactive ketones (excluding diaryl/α,β-unsaturated/α-hetero) is 1. The summed E-state index contributed by atoms with van der Waals surface area (Å²) in [6.07, 6.45) is 1.64. The first-order valence-corrected chi connectivity index (χ1v) is 4.15. The summed E-state index contributed by atoms with van der Waals surface area (Å²) in [5.74, 6) is 0.106. The zero-order valence-corrected chi connectivity index (χ0v) is 7.31. The monoisotopic (exact) mass is 170 g/mol. The third-order valence-electron chi connectivity index (χ3n) is 1.51. The zero-order valence-electron chi connectivity index (χ0n) is 6.50. The maximum absolute atomic E-state index is 11.3. The second-order valence-corrected chi connectivity index (χ2v) is 3.08. The van der Waals surface area contributed by atoms with Gasteiger partial charge in [-0.2, -0.15) is 0 Å². The van der Waals surface area contributed by atoms with E-state index in [1.165, 1.54) is 11.5 Å². The molecular weight excluding hydrogens is 160 g/mol. The van der Waals surface area contributed by atoms with Crippen LogP contribution in [0.5, 0.6) is 0 Å². The van der Waals surface area contributed by atoms with Crippen LogP contribution in [0.15, 0.2) is 12.3 Å². The molecule has 4 heteroatoms. The molecule has 3 nitrogen and oxygen atoms in total. The minimum Gasteiger partial charge on any atom is -0.310 e. The molecule has 11 heavy (non-hydrogen) atoms. The molecule has 0 aromatic carbocycles. The fourth-order valence-corrected chi connectivity index (χ4v) is 1.31. The summed E-state index contributed by atoms with van der Waals surface area (Å²) in [6, 6.07) is 1.62. The molecule has 1 N–H and O–H groups in total. The second-order valence-electron chi connectivity index (χ2n) is 2.25. The minimum atomic E-state index is -0.115. The van der Waals surface area contributed by atoms with Gasteiger partial charge in [-0.1, -0.05) is 0 Å². The van der Waals surface area contributed by atoms with E-state index in [0.29, 0.717) is 4.88 Å². The van der Waals surface area contributed by atoms with Gasteiger partial charge in [0.2, 0.25) is 0 Å². The Hall–Kier alpha value is -0.740.